The van der Waals surface area contributed by atoms with E-state index in [4.69, 9.17) is 0 Å². The summed E-state index contributed by atoms with van der Waals surface area (Å²) in [6, 6.07) is 7.28. The highest BCUT2D eigenvalue weighted by Gasteiger charge is 2.39. The molecule has 122 valence electrons. The molecule has 0 unspecified atom stereocenters. The van der Waals surface area contributed by atoms with Crippen LogP contribution in [0.3, 0.4) is 0 Å². The SMILES string of the molecule is CCc1ccc(NC(=O)[C@@H](C)N[C@]2(C)CCS(=O)(=O)C2)cc1. The molecule has 0 bridgehead atoms. The summed E-state index contributed by atoms with van der Waals surface area (Å²) in [6.07, 6.45) is 1.50. The van der Waals surface area contributed by atoms with Crippen LogP contribution < -0.4 is 10.6 Å². The fourth-order valence-corrected chi connectivity index (χ4v) is 4.89. The second-order valence-corrected chi connectivity index (χ2v) is 8.49. The van der Waals surface area contributed by atoms with Crippen LogP contribution in [0.15, 0.2) is 24.3 Å². The maximum atomic E-state index is 12.2. The Labute approximate surface area is 132 Å². The van der Waals surface area contributed by atoms with E-state index in [9.17, 15) is 13.2 Å². The van der Waals surface area contributed by atoms with Gasteiger partial charge in [-0.1, -0.05) is 19.1 Å². The highest BCUT2D eigenvalue weighted by atomic mass is 32.2. The normalized spacial score (nSPS) is 24.9. The molecule has 1 aliphatic heterocycles. The van der Waals surface area contributed by atoms with Crippen LogP contribution in [0.25, 0.3) is 0 Å². The number of anilines is 1. The van der Waals surface area contributed by atoms with Gasteiger partial charge >= 0.3 is 0 Å². The lowest BCUT2D eigenvalue weighted by atomic mass is 10.0. The van der Waals surface area contributed by atoms with Crippen molar-refractivity contribution in [2.75, 3.05) is 16.8 Å². The molecule has 1 amide bonds. The topological polar surface area (TPSA) is 75.3 Å². The molecule has 22 heavy (non-hydrogen) atoms. The van der Waals surface area contributed by atoms with Crippen LogP contribution in [0.5, 0.6) is 0 Å². The fraction of sp³-hybridized carbons (Fsp3) is 0.562. The van der Waals surface area contributed by atoms with Crippen molar-refractivity contribution in [2.45, 2.75) is 45.2 Å². The van der Waals surface area contributed by atoms with Crippen molar-refractivity contribution < 1.29 is 13.2 Å². The van der Waals surface area contributed by atoms with E-state index in [-0.39, 0.29) is 17.4 Å². The number of rotatable bonds is 5. The third-order valence-corrected chi connectivity index (χ3v) is 5.99. The van der Waals surface area contributed by atoms with Crippen LogP contribution in [-0.4, -0.2) is 37.4 Å². The molecule has 2 rings (SSSR count). The first-order valence-corrected chi connectivity index (χ1v) is 9.43. The van der Waals surface area contributed by atoms with Crippen molar-refractivity contribution in [1.29, 1.82) is 0 Å². The molecule has 2 N–H and O–H groups in total. The predicted molar refractivity (Wildman–Crippen MR) is 88.7 cm³/mol. The number of hydrogen-bond donors (Lipinski definition) is 2. The summed E-state index contributed by atoms with van der Waals surface area (Å²) in [5.74, 6) is 0.112. The highest BCUT2D eigenvalue weighted by Crippen LogP contribution is 2.23. The van der Waals surface area contributed by atoms with Crippen LogP contribution in [0, 0.1) is 0 Å². The average molecular weight is 324 g/mol. The first-order chi connectivity index (χ1) is 10.2. The largest absolute Gasteiger partial charge is 0.325 e. The van der Waals surface area contributed by atoms with Gasteiger partial charge in [0.05, 0.1) is 17.5 Å². The molecule has 1 aromatic rings. The van der Waals surface area contributed by atoms with Crippen molar-refractivity contribution >= 4 is 21.4 Å². The maximum Gasteiger partial charge on any atom is 0.241 e. The Morgan fingerprint density at radius 3 is 2.45 bits per heavy atom. The molecule has 0 radical (unpaired) electrons. The van der Waals surface area contributed by atoms with Crippen molar-refractivity contribution in [3.05, 3.63) is 29.8 Å². The van der Waals surface area contributed by atoms with E-state index in [0.29, 0.717) is 6.42 Å². The van der Waals surface area contributed by atoms with E-state index in [1.807, 2.05) is 31.2 Å². The van der Waals surface area contributed by atoms with Crippen LogP contribution in [0.2, 0.25) is 0 Å². The van der Waals surface area contributed by atoms with Gasteiger partial charge < -0.3 is 5.32 Å². The number of carbonyl (C=O) groups is 1. The Morgan fingerprint density at radius 2 is 1.95 bits per heavy atom. The van der Waals surface area contributed by atoms with Gasteiger partial charge in [-0.3, -0.25) is 10.1 Å². The molecule has 0 spiro atoms. The lowest BCUT2D eigenvalue weighted by Gasteiger charge is -2.28. The number of nitrogens with one attached hydrogen (secondary N) is 2. The monoisotopic (exact) mass is 324 g/mol. The predicted octanol–water partition coefficient (Wildman–Crippen LogP) is 1.74. The van der Waals surface area contributed by atoms with Crippen molar-refractivity contribution in [1.82, 2.24) is 5.32 Å². The lowest BCUT2D eigenvalue weighted by Crippen LogP contribution is -2.52. The van der Waals surface area contributed by atoms with Crippen molar-refractivity contribution in [3.63, 3.8) is 0 Å². The van der Waals surface area contributed by atoms with E-state index >= 15 is 0 Å². The minimum Gasteiger partial charge on any atom is -0.325 e. The van der Waals surface area contributed by atoms with E-state index < -0.39 is 21.4 Å². The van der Waals surface area contributed by atoms with E-state index in [1.165, 1.54) is 5.56 Å². The average Bonchev–Trinajstić information content (AvgIpc) is 2.73. The van der Waals surface area contributed by atoms with Gasteiger partial charge in [-0.05, 0) is 44.4 Å². The first-order valence-electron chi connectivity index (χ1n) is 7.61. The van der Waals surface area contributed by atoms with Crippen LogP contribution in [0.4, 0.5) is 5.69 Å². The molecule has 1 aromatic carbocycles. The molecule has 1 saturated heterocycles. The number of amides is 1. The van der Waals surface area contributed by atoms with Gasteiger partial charge in [-0.25, -0.2) is 8.42 Å². The number of aryl methyl sites for hydroxylation is 1. The third kappa shape index (κ3) is 4.30. The van der Waals surface area contributed by atoms with Crippen LogP contribution >= 0.6 is 0 Å². The molecule has 5 nitrogen and oxygen atoms in total. The molecule has 0 aliphatic carbocycles. The van der Waals surface area contributed by atoms with Gasteiger partial charge in [0.1, 0.15) is 0 Å². The van der Waals surface area contributed by atoms with Gasteiger partial charge in [-0.2, -0.15) is 0 Å². The molecule has 1 fully saturated rings. The highest BCUT2D eigenvalue weighted by molar-refractivity contribution is 7.91. The Balaban J connectivity index is 1.94. The Morgan fingerprint density at radius 1 is 1.32 bits per heavy atom. The second-order valence-electron chi connectivity index (χ2n) is 6.31. The Kier molecular flexibility index (Phi) is 4.92. The van der Waals surface area contributed by atoms with Crippen molar-refractivity contribution in [3.8, 4) is 0 Å². The number of sulfone groups is 1. The minimum atomic E-state index is -2.99. The quantitative estimate of drug-likeness (QED) is 0.865. The number of carbonyl (C=O) groups excluding carboxylic acids is 1. The summed E-state index contributed by atoms with van der Waals surface area (Å²) < 4.78 is 23.2. The van der Waals surface area contributed by atoms with E-state index in [1.54, 1.807) is 6.92 Å². The van der Waals surface area contributed by atoms with E-state index in [2.05, 4.69) is 17.6 Å². The summed E-state index contributed by atoms with van der Waals surface area (Å²) in [7, 11) is -2.99. The van der Waals surface area contributed by atoms with Gasteiger partial charge in [0.15, 0.2) is 9.84 Å². The van der Waals surface area contributed by atoms with Gasteiger partial charge in [0.25, 0.3) is 0 Å². The molecule has 2 atom stereocenters. The Bertz CT molecular complexity index is 640. The third-order valence-electron chi connectivity index (χ3n) is 4.09. The minimum absolute atomic E-state index is 0.0861. The molecule has 1 heterocycles. The standard InChI is InChI=1S/C16H24N2O3S/c1-4-13-5-7-14(8-6-13)17-15(19)12(2)18-16(3)9-10-22(20,21)11-16/h5-8,12,18H,4,9-11H2,1-3H3,(H,17,19)/t12-,16-/m1/s1. The lowest BCUT2D eigenvalue weighted by molar-refractivity contribution is -0.118. The van der Waals surface area contributed by atoms with Crippen molar-refractivity contribution in [2.24, 2.45) is 0 Å². The summed E-state index contributed by atoms with van der Waals surface area (Å²) in [6.45, 7) is 5.69. The molecular weight excluding hydrogens is 300 g/mol. The zero-order valence-electron chi connectivity index (χ0n) is 13.3. The zero-order chi connectivity index (χ0) is 16.4. The van der Waals surface area contributed by atoms with Gasteiger partial charge in [0.2, 0.25) is 5.91 Å². The summed E-state index contributed by atoms with van der Waals surface area (Å²) in [5.41, 5.74) is 1.44. The molecule has 6 heteroatoms. The summed E-state index contributed by atoms with van der Waals surface area (Å²) >= 11 is 0. The first kappa shape index (κ1) is 17.0. The van der Waals surface area contributed by atoms with Gasteiger partial charge in [-0.15, -0.1) is 0 Å². The fourth-order valence-electron chi connectivity index (χ4n) is 2.79. The van der Waals surface area contributed by atoms with Crippen LogP contribution in [-0.2, 0) is 21.1 Å². The Hall–Kier alpha value is -1.40. The smallest absolute Gasteiger partial charge is 0.241 e. The molecular formula is C16H24N2O3S. The van der Waals surface area contributed by atoms with Crippen LogP contribution in [0.1, 0.15) is 32.8 Å². The number of benzene rings is 1. The molecule has 0 aromatic heterocycles. The molecule has 0 saturated carbocycles. The van der Waals surface area contributed by atoms with Gasteiger partial charge in [0, 0.05) is 11.2 Å². The summed E-state index contributed by atoms with van der Waals surface area (Å²) in [5, 5.41) is 6.02. The molecule has 1 aliphatic rings. The number of hydrogen-bond acceptors (Lipinski definition) is 4. The zero-order valence-corrected chi connectivity index (χ0v) is 14.2. The summed E-state index contributed by atoms with van der Waals surface area (Å²) in [4.78, 5) is 12.2. The maximum absolute atomic E-state index is 12.2. The van der Waals surface area contributed by atoms with E-state index in [0.717, 1.165) is 12.1 Å². The second kappa shape index (κ2) is 6.38.